The van der Waals surface area contributed by atoms with Gasteiger partial charge in [0.2, 0.25) is 0 Å². The first kappa shape index (κ1) is 14.6. The van der Waals surface area contributed by atoms with Crippen molar-refractivity contribution in [2.75, 3.05) is 6.54 Å². The fraction of sp³-hybridized carbons (Fsp3) is 0.812. The predicted molar refractivity (Wildman–Crippen MR) is 80.6 cm³/mol. The summed E-state index contributed by atoms with van der Waals surface area (Å²) in [6, 6.07) is 0.791. The van der Waals surface area contributed by atoms with Gasteiger partial charge in [-0.05, 0) is 50.5 Å². The van der Waals surface area contributed by atoms with Crippen molar-refractivity contribution in [2.24, 2.45) is 5.92 Å². The lowest BCUT2D eigenvalue weighted by atomic mass is 9.99. The van der Waals surface area contributed by atoms with Crippen molar-refractivity contribution >= 4 is 0 Å². The largest absolute Gasteiger partial charge is 0.313 e. The van der Waals surface area contributed by atoms with Gasteiger partial charge in [0, 0.05) is 24.8 Å². The molecule has 0 bridgehead atoms. The molecule has 1 fully saturated rings. The lowest BCUT2D eigenvalue weighted by Gasteiger charge is -2.14. The summed E-state index contributed by atoms with van der Waals surface area (Å²) in [6.45, 7) is 13.4. The van der Waals surface area contributed by atoms with Crippen LogP contribution in [0.5, 0.6) is 0 Å². The molecular weight excluding hydrogens is 234 g/mol. The molecule has 19 heavy (non-hydrogen) atoms. The first-order valence-corrected chi connectivity index (χ1v) is 7.76. The minimum Gasteiger partial charge on any atom is -0.313 e. The maximum Gasteiger partial charge on any atom is 0.0631 e. The average Bonchev–Trinajstić information content (AvgIpc) is 3.11. The molecule has 1 heterocycles. The molecule has 108 valence electrons. The quantitative estimate of drug-likeness (QED) is 0.817. The number of hydrogen-bond donors (Lipinski definition) is 1. The summed E-state index contributed by atoms with van der Waals surface area (Å²) < 4.78 is 2.21. The van der Waals surface area contributed by atoms with Crippen LogP contribution >= 0.6 is 0 Å². The van der Waals surface area contributed by atoms with Crippen LogP contribution < -0.4 is 5.32 Å². The van der Waals surface area contributed by atoms with Crippen LogP contribution in [0.1, 0.15) is 62.9 Å². The van der Waals surface area contributed by atoms with E-state index in [0.29, 0.717) is 5.92 Å². The minimum atomic E-state index is 0.563. The molecule has 1 aliphatic carbocycles. The molecule has 0 spiro atoms. The third kappa shape index (κ3) is 3.82. The lowest BCUT2D eigenvalue weighted by Crippen LogP contribution is -2.22. The molecular formula is C16H29N3. The Morgan fingerprint density at radius 2 is 1.95 bits per heavy atom. The Labute approximate surface area is 117 Å². The average molecular weight is 263 g/mol. The van der Waals surface area contributed by atoms with E-state index in [1.807, 2.05) is 0 Å². The van der Waals surface area contributed by atoms with Crippen LogP contribution in [0, 0.1) is 19.8 Å². The highest BCUT2D eigenvalue weighted by Gasteiger charge is 2.23. The van der Waals surface area contributed by atoms with Gasteiger partial charge < -0.3 is 5.32 Å². The zero-order chi connectivity index (χ0) is 14.0. The summed E-state index contributed by atoms with van der Waals surface area (Å²) in [5, 5.41) is 8.37. The van der Waals surface area contributed by atoms with E-state index in [1.54, 1.807) is 0 Å². The summed E-state index contributed by atoms with van der Waals surface area (Å²) in [5.74, 6) is 1.30. The standard InChI is InChI=1S/C16H29N3/c1-11(2)8-9-19-14(5)16(13(4)18-19)12(3)10-17-15-6-7-15/h11-12,15,17H,6-10H2,1-5H3. The van der Waals surface area contributed by atoms with Crippen molar-refractivity contribution in [3.05, 3.63) is 17.0 Å². The fourth-order valence-electron chi connectivity index (χ4n) is 2.76. The first-order chi connectivity index (χ1) is 8.99. The molecule has 0 amide bonds. The molecule has 3 heteroatoms. The second-order valence-corrected chi connectivity index (χ2v) is 6.57. The van der Waals surface area contributed by atoms with E-state index < -0.39 is 0 Å². The molecule has 1 atom stereocenters. The van der Waals surface area contributed by atoms with Crippen molar-refractivity contribution in [1.29, 1.82) is 0 Å². The summed E-state index contributed by atoms with van der Waals surface area (Å²) in [5.41, 5.74) is 4.03. The molecule has 1 N–H and O–H groups in total. The second kappa shape index (κ2) is 6.08. The summed E-state index contributed by atoms with van der Waals surface area (Å²) in [6.07, 6.45) is 3.92. The van der Waals surface area contributed by atoms with Gasteiger partial charge in [0.1, 0.15) is 0 Å². The van der Waals surface area contributed by atoms with Gasteiger partial charge in [-0.1, -0.05) is 20.8 Å². The number of nitrogens with zero attached hydrogens (tertiary/aromatic N) is 2. The zero-order valence-corrected chi connectivity index (χ0v) is 13.2. The Bertz CT molecular complexity index is 416. The molecule has 3 nitrogen and oxygen atoms in total. The van der Waals surface area contributed by atoms with Gasteiger partial charge in [0.05, 0.1) is 5.69 Å². The van der Waals surface area contributed by atoms with Gasteiger partial charge in [-0.25, -0.2) is 0 Å². The van der Waals surface area contributed by atoms with E-state index in [-0.39, 0.29) is 0 Å². The Balaban J connectivity index is 2.01. The van der Waals surface area contributed by atoms with E-state index in [0.717, 1.165) is 25.0 Å². The topological polar surface area (TPSA) is 29.9 Å². The van der Waals surface area contributed by atoms with E-state index in [2.05, 4.69) is 44.6 Å². The van der Waals surface area contributed by atoms with Crippen LogP contribution in [0.25, 0.3) is 0 Å². The van der Waals surface area contributed by atoms with Crippen molar-refractivity contribution in [1.82, 2.24) is 15.1 Å². The second-order valence-electron chi connectivity index (χ2n) is 6.57. The first-order valence-electron chi connectivity index (χ1n) is 7.76. The molecule has 1 aliphatic rings. The van der Waals surface area contributed by atoms with Crippen LogP contribution in [-0.4, -0.2) is 22.4 Å². The van der Waals surface area contributed by atoms with E-state index in [1.165, 1.54) is 36.2 Å². The minimum absolute atomic E-state index is 0.563. The van der Waals surface area contributed by atoms with E-state index >= 15 is 0 Å². The highest BCUT2D eigenvalue weighted by molar-refractivity contribution is 5.28. The Morgan fingerprint density at radius 3 is 2.53 bits per heavy atom. The highest BCUT2D eigenvalue weighted by atomic mass is 15.3. The molecule has 0 aliphatic heterocycles. The fourth-order valence-corrected chi connectivity index (χ4v) is 2.76. The number of aromatic nitrogens is 2. The number of rotatable bonds is 7. The zero-order valence-electron chi connectivity index (χ0n) is 13.2. The number of nitrogens with one attached hydrogen (secondary N) is 1. The van der Waals surface area contributed by atoms with Gasteiger partial charge in [-0.2, -0.15) is 5.10 Å². The van der Waals surface area contributed by atoms with Crippen LogP contribution in [-0.2, 0) is 6.54 Å². The van der Waals surface area contributed by atoms with Gasteiger partial charge in [0.15, 0.2) is 0 Å². The molecule has 1 aromatic heterocycles. The van der Waals surface area contributed by atoms with Crippen molar-refractivity contribution < 1.29 is 0 Å². The predicted octanol–water partition coefficient (Wildman–Crippen LogP) is 3.40. The smallest absolute Gasteiger partial charge is 0.0631 e. The van der Waals surface area contributed by atoms with Crippen LogP contribution in [0.2, 0.25) is 0 Å². The van der Waals surface area contributed by atoms with Crippen molar-refractivity contribution in [3.8, 4) is 0 Å². The Morgan fingerprint density at radius 1 is 1.26 bits per heavy atom. The van der Waals surface area contributed by atoms with Gasteiger partial charge in [0.25, 0.3) is 0 Å². The molecule has 1 aromatic rings. The number of hydrogen-bond acceptors (Lipinski definition) is 2. The SMILES string of the molecule is Cc1nn(CCC(C)C)c(C)c1C(C)CNC1CC1. The van der Waals surface area contributed by atoms with Gasteiger partial charge >= 0.3 is 0 Å². The van der Waals surface area contributed by atoms with Crippen molar-refractivity contribution in [2.45, 2.75) is 72.4 Å². The van der Waals surface area contributed by atoms with Crippen LogP contribution in [0.4, 0.5) is 0 Å². The van der Waals surface area contributed by atoms with Crippen molar-refractivity contribution in [3.63, 3.8) is 0 Å². The number of aryl methyl sites for hydroxylation is 2. The molecule has 2 rings (SSSR count). The molecule has 0 aromatic carbocycles. The Hall–Kier alpha value is -0.830. The van der Waals surface area contributed by atoms with Crippen LogP contribution in [0.3, 0.4) is 0 Å². The van der Waals surface area contributed by atoms with E-state index in [4.69, 9.17) is 5.10 Å². The third-order valence-corrected chi connectivity index (χ3v) is 4.14. The maximum atomic E-state index is 4.73. The summed E-state index contributed by atoms with van der Waals surface area (Å²) in [4.78, 5) is 0. The normalized spacial score (nSPS) is 17.2. The maximum absolute atomic E-state index is 4.73. The molecule has 1 saturated carbocycles. The van der Waals surface area contributed by atoms with Gasteiger partial charge in [-0.3, -0.25) is 4.68 Å². The molecule has 0 radical (unpaired) electrons. The van der Waals surface area contributed by atoms with Gasteiger partial charge in [-0.15, -0.1) is 0 Å². The summed E-state index contributed by atoms with van der Waals surface area (Å²) in [7, 11) is 0. The molecule has 1 unspecified atom stereocenters. The lowest BCUT2D eigenvalue weighted by molar-refractivity contribution is 0.478. The summed E-state index contributed by atoms with van der Waals surface area (Å²) >= 11 is 0. The molecule has 0 saturated heterocycles. The van der Waals surface area contributed by atoms with Crippen LogP contribution in [0.15, 0.2) is 0 Å². The highest BCUT2D eigenvalue weighted by Crippen LogP contribution is 2.25. The third-order valence-electron chi connectivity index (χ3n) is 4.14. The monoisotopic (exact) mass is 263 g/mol. The Kier molecular flexibility index (Phi) is 4.67. The van der Waals surface area contributed by atoms with E-state index in [9.17, 15) is 0 Å².